The van der Waals surface area contributed by atoms with Crippen LogP contribution in [-0.2, 0) is 0 Å². The summed E-state index contributed by atoms with van der Waals surface area (Å²) in [7, 11) is 1.64. The zero-order chi connectivity index (χ0) is 10.1. The molecule has 72 valence electrons. The van der Waals surface area contributed by atoms with Gasteiger partial charge in [-0.2, -0.15) is 0 Å². The average Bonchev–Trinajstić information content (AvgIpc) is 2.16. The molecule has 14 heavy (non-hydrogen) atoms. The summed E-state index contributed by atoms with van der Waals surface area (Å²) in [4.78, 5) is 4.24. The lowest BCUT2D eigenvalue weighted by Gasteiger charge is -2.05. The van der Waals surface area contributed by atoms with Gasteiger partial charge in [-0.15, -0.1) is 0 Å². The summed E-state index contributed by atoms with van der Waals surface area (Å²) in [6.45, 7) is 2.02. The van der Waals surface area contributed by atoms with E-state index < -0.39 is 0 Å². The fourth-order valence-corrected chi connectivity index (χ4v) is 1.54. The van der Waals surface area contributed by atoms with Crippen LogP contribution in [0, 0.1) is 6.92 Å². The van der Waals surface area contributed by atoms with Gasteiger partial charge in [0.15, 0.2) is 0 Å². The van der Waals surface area contributed by atoms with Crippen molar-refractivity contribution in [3.63, 3.8) is 0 Å². The first-order valence-electron chi connectivity index (χ1n) is 4.41. The molecule has 3 heteroatoms. The molecule has 2 rings (SSSR count). The Morgan fingerprint density at radius 2 is 2.07 bits per heavy atom. The molecule has 3 nitrogen and oxygen atoms in total. The van der Waals surface area contributed by atoms with E-state index in [0.717, 1.165) is 22.2 Å². The Hall–Kier alpha value is -1.77. The van der Waals surface area contributed by atoms with E-state index in [-0.39, 0.29) is 0 Å². The number of hydrogen-bond donors (Lipinski definition) is 1. The van der Waals surface area contributed by atoms with Gasteiger partial charge in [-0.3, -0.25) is 0 Å². The standard InChI is InChI=1S/C11H12N2O/c1-7-5-11(12)13-10-6-8(14-2)3-4-9(7)10/h3-6H,1-2H3,(H2,12,13). The van der Waals surface area contributed by atoms with Crippen molar-refractivity contribution < 1.29 is 4.74 Å². The molecule has 0 saturated carbocycles. The molecule has 0 aliphatic heterocycles. The molecular formula is C11H12N2O. The summed E-state index contributed by atoms with van der Waals surface area (Å²) in [5, 5.41) is 1.11. The summed E-state index contributed by atoms with van der Waals surface area (Å²) in [6, 6.07) is 7.68. The smallest absolute Gasteiger partial charge is 0.124 e. The molecule has 0 atom stereocenters. The molecule has 2 N–H and O–H groups in total. The lowest BCUT2D eigenvalue weighted by molar-refractivity contribution is 0.415. The van der Waals surface area contributed by atoms with Crippen molar-refractivity contribution in [2.45, 2.75) is 6.92 Å². The summed E-state index contributed by atoms with van der Waals surface area (Å²) < 4.78 is 5.12. The van der Waals surface area contributed by atoms with E-state index in [1.165, 1.54) is 0 Å². The Bertz CT molecular complexity index is 480. The van der Waals surface area contributed by atoms with Crippen molar-refractivity contribution in [2.24, 2.45) is 0 Å². The second kappa shape index (κ2) is 3.18. The molecule has 1 aromatic heterocycles. The van der Waals surface area contributed by atoms with Gasteiger partial charge in [0.05, 0.1) is 12.6 Å². The van der Waals surface area contributed by atoms with Gasteiger partial charge in [-0.1, -0.05) is 0 Å². The van der Waals surface area contributed by atoms with Crippen molar-refractivity contribution in [2.75, 3.05) is 12.8 Å². The van der Waals surface area contributed by atoms with Crippen molar-refractivity contribution in [1.82, 2.24) is 4.98 Å². The normalized spacial score (nSPS) is 10.4. The molecule has 0 aliphatic carbocycles. The number of fused-ring (bicyclic) bond motifs is 1. The van der Waals surface area contributed by atoms with E-state index in [4.69, 9.17) is 10.5 Å². The first-order valence-corrected chi connectivity index (χ1v) is 4.41. The zero-order valence-corrected chi connectivity index (χ0v) is 8.24. The number of ether oxygens (including phenoxy) is 1. The molecule has 0 amide bonds. The van der Waals surface area contributed by atoms with Crippen molar-refractivity contribution >= 4 is 16.7 Å². The van der Waals surface area contributed by atoms with Crippen LogP contribution in [0.25, 0.3) is 10.9 Å². The maximum absolute atomic E-state index is 5.66. The number of hydrogen-bond acceptors (Lipinski definition) is 3. The Labute approximate surface area is 82.5 Å². The van der Waals surface area contributed by atoms with Gasteiger partial charge in [0, 0.05) is 11.5 Å². The topological polar surface area (TPSA) is 48.1 Å². The molecule has 0 unspecified atom stereocenters. The quantitative estimate of drug-likeness (QED) is 0.745. The fourth-order valence-electron chi connectivity index (χ4n) is 1.54. The van der Waals surface area contributed by atoms with Crippen LogP contribution in [0.5, 0.6) is 5.75 Å². The van der Waals surface area contributed by atoms with E-state index in [9.17, 15) is 0 Å². The van der Waals surface area contributed by atoms with Gasteiger partial charge in [0.1, 0.15) is 11.6 Å². The lowest BCUT2D eigenvalue weighted by Crippen LogP contribution is -1.93. The third-order valence-electron chi connectivity index (χ3n) is 2.24. The first-order chi connectivity index (χ1) is 6.70. The Morgan fingerprint density at radius 1 is 1.29 bits per heavy atom. The number of aryl methyl sites for hydroxylation is 1. The SMILES string of the molecule is COc1ccc2c(C)cc(N)nc2c1. The molecule has 0 aliphatic rings. The molecule has 1 aromatic carbocycles. The Kier molecular flexibility index (Phi) is 2.00. The molecule has 0 radical (unpaired) electrons. The minimum atomic E-state index is 0.545. The highest BCUT2D eigenvalue weighted by Crippen LogP contribution is 2.23. The number of nitrogens with zero attached hydrogens (tertiary/aromatic N) is 1. The molecular weight excluding hydrogens is 176 g/mol. The van der Waals surface area contributed by atoms with E-state index >= 15 is 0 Å². The second-order valence-electron chi connectivity index (χ2n) is 3.25. The van der Waals surface area contributed by atoms with Crippen LogP contribution in [-0.4, -0.2) is 12.1 Å². The van der Waals surface area contributed by atoms with Crippen LogP contribution >= 0.6 is 0 Å². The van der Waals surface area contributed by atoms with Crippen LogP contribution in [0.15, 0.2) is 24.3 Å². The molecule has 0 fully saturated rings. The van der Waals surface area contributed by atoms with Crippen molar-refractivity contribution in [3.05, 3.63) is 29.8 Å². The van der Waals surface area contributed by atoms with Gasteiger partial charge in [-0.05, 0) is 30.7 Å². The third-order valence-corrected chi connectivity index (χ3v) is 2.24. The Morgan fingerprint density at radius 3 is 2.79 bits per heavy atom. The van der Waals surface area contributed by atoms with Crippen LogP contribution in [0.3, 0.4) is 0 Å². The summed E-state index contributed by atoms with van der Waals surface area (Å²) in [5.41, 5.74) is 7.68. The monoisotopic (exact) mass is 188 g/mol. The number of nitrogens with two attached hydrogens (primary N) is 1. The first kappa shape index (κ1) is 8.81. The largest absolute Gasteiger partial charge is 0.497 e. The minimum absolute atomic E-state index is 0.545. The average molecular weight is 188 g/mol. The molecule has 2 aromatic rings. The summed E-state index contributed by atoms with van der Waals surface area (Å²) in [6.07, 6.45) is 0. The van der Waals surface area contributed by atoms with Crippen molar-refractivity contribution in [1.29, 1.82) is 0 Å². The molecule has 0 spiro atoms. The second-order valence-corrected chi connectivity index (χ2v) is 3.25. The number of benzene rings is 1. The van der Waals surface area contributed by atoms with Gasteiger partial charge >= 0.3 is 0 Å². The summed E-state index contributed by atoms with van der Waals surface area (Å²) in [5.74, 6) is 1.35. The van der Waals surface area contributed by atoms with Gasteiger partial charge < -0.3 is 10.5 Å². The molecule has 0 saturated heterocycles. The number of pyridine rings is 1. The number of anilines is 1. The zero-order valence-electron chi connectivity index (χ0n) is 8.24. The Balaban J connectivity index is 2.75. The third kappa shape index (κ3) is 1.37. The van der Waals surface area contributed by atoms with E-state index in [0.29, 0.717) is 5.82 Å². The van der Waals surface area contributed by atoms with Crippen LogP contribution in [0.1, 0.15) is 5.56 Å². The highest BCUT2D eigenvalue weighted by Gasteiger charge is 2.01. The fraction of sp³-hybridized carbons (Fsp3) is 0.182. The van der Waals surface area contributed by atoms with E-state index in [1.807, 2.05) is 31.2 Å². The van der Waals surface area contributed by atoms with Crippen LogP contribution in [0.4, 0.5) is 5.82 Å². The van der Waals surface area contributed by atoms with Crippen molar-refractivity contribution in [3.8, 4) is 5.75 Å². The highest BCUT2D eigenvalue weighted by atomic mass is 16.5. The lowest BCUT2D eigenvalue weighted by atomic mass is 10.1. The van der Waals surface area contributed by atoms with Crippen LogP contribution in [0.2, 0.25) is 0 Å². The number of aromatic nitrogens is 1. The maximum atomic E-state index is 5.66. The summed E-state index contributed by atoms with van der Waals surface area (Å²) >= 11 is 0. The maximum Gasteiger partial charge on any atom is 0.124 e. The number of nitrogen functional groups attached to an aromatic ring is 1. The van der Waals surface area contributed by atoms with Gasteiger partial charge in [-0.25, -0.2) is 4.98 Å². The molecule has 0 bridgehead atoms. The van der Waals surface area contributed by atoms with Gasteiger partial charge in [0.25, 0.3) is 0 Å². The number of methoxy groups -OCH3 is 1. The van der Waals surface area contributed by atoms with E-state index in [1.54, 1.807) is 7.11 Å². The predicted octanol–water partition coefficient (Wildman–Crippen LogP) is 2.13. The predicted molar refractivity (Wildman–Crippen MR) is 57.4 cm³/mol. The van der Waals surface area contributed by atoms with Crippen LogP contribution < -0.4 is 10.5 Å². The van der Waals surface area contributed by atoms with E-state index in [2.05, 4.69) is 4.98 Å². The van der Waals surface area contributed by atoms with Gasteiger partial charge in [0.2, 0.25) is 0 Å². The minimum Gasteiger partial charge on any atom is -0.497 e. The number of rotatable bonds is 1. The molecule has 1 heterocycles. The highest BCUT2D eigenvalue weighted by molar-refractivity contribution is 5.84.